The third-order valence-corrected chi connectivity index (χ3v) is 5.87. The summed E-state index contributed by atoms with van der Waals surface area (Å²) in [7, 11) is 0. The predicted octanol–water partition coefficient (Wildman–Crippen LogP) is 3.04. The standard InChI is InChI=1S/C16H15ClF3N5OS/c1-7-14(10-2-8(10)5-21)25-13(26)3-9(22-15(25)27-7)6-24-11(16(18,19)20)4-12(17)23-24/h3-4,8,10H,2,5-6,21H2,1H3. The average molecular weight is 418 g/mol. The number of halogens is 4. The van der Waals surface area contributed by atoms with E-state index in [1.165, 1.54) is 17.4 Å². The van der Waals surface area contributed by atoms with E-state index >= 15 is 0 Å². The van der Waals surface area contributed by atoms with Crippen molar-refractivity contribution in [1.29, 1.82) is 0 Å². The van der Waals surface area contributed by atoms with Crippen LogP contribution in [0.4, 0.5) is 13.2 Å². The summed E-state index contributed by atoms with van der Waals surface area (Å²) in [6.07, 6.45) is -3.67. The van der Waals surface area contributed by atoms with Gasteiger partial charge in [-0.3, -0.25) is 13.9 Å². The van der Waals surface area contributed by atoms with Crippen LogP contribution >= 0.6 is 22.9 Å². The van der Waals surface area contributed by atoms with Crippen LogP contribution in [-0.2, 0) is 12.7 Å². The molecule has 1 saturated carbocycles. The van der Waals surface area contributed by atoms with Gasteiger partial charge in [-0.2, -0.15) is 18.3 Å². The van der Waals surface area contributed by atoms with E-state index in [1.807, 2.05) is 6.92 Å². The van der Waals surface area contributed by atoms with Crippen molar-refractivity contribution >= 4 is 27.9 Å². The van der Waals surface area contributed by atoms with Gasteiger partial charge in [0.1, 0.15) is 5.69 Å². The Morgan fingerprint density at radius 3 is 2.78 bits per heavy atom. The molecule has 4 rings (SSSR count). The van der Waals surface area contributed by atoms with Crippen molar-refractivity contribution < 1.29 is 13.2 Å². The Hall–Kier alpha value is -1.91. The van der Waals surface area contributed by atoms with Crippen LogP contribution in [0.15, 0.2) is 16.9 Å². The summed E-state index contributed by atoms with van der Waals surface area (Å²) < 4.78 is 41.6. The summed E-state index contributed by atoms with van der Waals surface area (Å²) in [5, 5.41) is 3.40. The average Bonchev–Trinajstić information content (AvgIpc) is 3.12. The highest BCUT2D eigenvalue weighted by atomic mass is 35.5. The van der Waals surface area contributed by atoms with Crippen LogP contribution in [0.5, 0.6) is 0 Å². The van der Waals surface area contributed by atoms with Gasteiger partial charge in [0.05, 0.1) is 12.2 Å². The smallest absolute Gasteiger partial charge is 0.330 e. The van der Waals surface area contributed by atoms with Crippen LogP contribution in [0.2, 0.25) is 5.15 Å². The molecule has 3 aromatic heterocycles. The maximum Gasteiger partial charge on any atom is 0.433 e. The van der Waals surface area contributed by atoms with Gasteiger partial charge in [0.25, 0.3) is 5.56 Å². The van der Waals surface area contributed by atoms with Crippen LogP contribution < -0.4 is 11.3 Å². The molecule has 3 heterocycles. The van der Waals surface area contributed by atoms with Crippen molar-refractivity contribution in [1.82, 2.24) is 19.2 Å². The fourth-order valence-corrected chi connectivity index (χ4v) is 4.64. The molecule has 0 spiro atoms. The summed E-state index contributed by atoms with van der Waals surface area (Å²) in [6.45, 7) is 2.17. The predicted molar refractivity (Wildman–Crippen MR) is 95.3 cm³/mol. The van der Waals surface area contributed by atoms with E-state index in [9.17, 15) is 18.0 Å². The Morgan fingerprint density at radius 2 is 2.15 bits per heavy atom. The molecule has 2 N–H and O–H groups in total. The first-order valence-corrected chi connectivity index (χ1v) is 9.41. The third kappa shape index (κ3) is 3.26. The first-order chi connectivity index (χ1) is 12.7. The number of aryl methyl sites for hydroxylation is 1. The summed E-state index contributed by atoms with van der Waals surface area (Å²) in [5.74, 6) is 0.587. The topological polar surface area (TPSA) is 78.2 Å². The van der Waals surface area contributed by atoms with Gasteiger partial charge in [-0.05, 0) is 25.8 Å². The van der Waals surface area contributed by atoms with E-state index < -0.39 is 11.9 Å². The highest BCUT2D eigenvalue weighted by molar-refractivity contribution is 7.17. The second-order valence-corrected chi connectivity index (χ2v) is 8.16. The molecule has 1 aliphatic rings. The van der Waals surface area contributed by atoms with Gasteiger partial charge < -0.3 is 5.73 Å². The molecule has 2 unspecified atom stereocenters. The van der Waals surface area contributed by atoms with Gasteiger partial charge in [-0.1, -0.05) is 11.6 Å². The van der Waals surface area contributed by atoms with Crippen molar-refractivity contribution in [2.75, 3.05) is 6.54 Å². The maximum absolute atomic E-state index is 13.1. The highest BCUT2D eigenvalue weighted by Crippen LogP contribution is 2.48. The molecular weight excluding hydrogens is 403 g/mol. The zero-order chi connectivity index (χ0) is 19.5. The van der Waals surface area contributed by atoms with Gasteiger partial charge in [0.2, 0.25) is 0 Å². The molecule has 27 heavy (non-hydrogen) atoms. The normalized spacial score (nSPS) is 19.8. The Bertz CT molecular complexity index is 1090. The molecule has 11 heteroatoms. The molecule has 0 aromatic carbocycles. The first-order valence-electron chi connectivity index (χ1n) is 8.21. The van der Waals surface area contributed by atoms with Crippen LogP contribution in [0.1, 0.15) is 34.3 Å². The summed E-state index contributed by atoms with van der Waals surface area (Å²) in [6, 6.07) is 2.00. The number of hydrogen-bond donors (Lipinski definition) is 1. The van der Waals surface area contributed by atoms with Gasteiger partial charge in [0.15, 0.2) is 10.1 Å². The van der Waals surface area contributed by atoms with Gasteiger partial charge in [-0.25, -0.2) is 4.98 Å². The lowest BCUT2D eigenvalue weighted by molar-refractivity contribution is -0.144. The fraction of sp³-hybridized carbons (Fsp3) is 0.438. The van der Waals surface area contributed by atoms with Crippen LogP contribution in [-0.4, -0.2) is 25.7 Å². The van der Waals surface area contributed by atoms with E-state index in [4.69, 9.17) is 17.3 Å². The lowest BCUT2D eigenvalue weighted by Crippen LogP contribution is -2.20. The van der Waals surface area contributed by atoms with Crippen LogP contribution in [0.25, 0.3) is 4.96 Å². The minimum absolute atomic E-state index is 0.198. The third-order valence-electron chi connectivity index (χ3n) is 4.72. The number of nitrogens with zero attached hydrogens (tertiary/aromatic N) is 4. The highest BCUT2D eigenvalue weighted by Gasteiger charge is 2.41. The van der Waals surface area contributed by atoms with Crippen molar-refractivity contribution in [2.24, 2.45) is 11.7 Å². The monoisotopic (exact) mass is 417 g/mol. The number of rotatable bonds is 4. The zero-order valence-corrected chi connectivity index (χ0v) is 15.7. The van der Waals surface area contributed by atoms with E-state index in [0.29, 0.717) is 22.1 Å². The molecule has 1 fully saturated rings. The molecule has 0 amide bonds. The molecule has 0 saturated heterocycles. The minimum atomic E-state index is -4.60. The second-order valence-electron chi connectivity index (χ2n) is 6.59. The molecule has 0 radical (unpaired) electrons. The Balaban J connectivity index is 1.75. The zero-order valence-electron chi connectivity index (χ0n) is 14.1. The minimum Gasteiger partial charge on any atom is -0.330 e. The number of thiazole rings is 1. The summed E-state index contributed by atoms with van der Waals surface area (Å²) >= 11 is 6.98. The first kappa shape index (κ1) is 18.5. The number of alkyl halides is 3. The second kappa shape index (κ2) is 6.32. The quantitative estimate of drug-likeness (QED) is 0.707. The van der Waals surface area contributed by atoms with Gasteiger partial charge >= 0.3 is 6.18 Å². The van der Waals surface area contributed by atoms with Gasteiger partial charge in [0, 0.05) is 28.6 Å². The lowest BCUT2D eigenvalue weighted by Gasteiger charge is -2.10. The molecule has 1 aliphatic carbocycles. The molecule has 0 bridgehead atoms. The summed E-state index contributed by atoms with van der Waals surface area (Å²) in [4.78, 5) is 18.5. The number of hydrogen-bond acceptors (Lipinski definition) is 5. The van der Waals surface area contributed by atoms with E-state index in [1.54, 1.807) is 4.40 Å². The van der Waals surface area contributed by atoms with Crippen LogP contribution in [0.3, 0.4) is 0 Å². The van der Waals surface area contributed by atoms with Crippen molar-refractivity contribution in [2.45, 2.75) is 32.0 Å². The lowest BCUT2D eigenvalue weighted by atomic mass is 10.2. The number of nitrogens with two attached hydrogens (primary N) is 1. The molecule has 6 nitrogen and oxygen atoms in total. The molecular formula is C16H15ClF3N5OS. The number of fused-ring (bicyclic) bond motifs is 1. The molecule has 2 atom stereocenters. The van der Waals surface area contributed by atoms with Gasteiger partial charge in [-0.15, -0.1) is 11.3 Å². The van der Waals surface area contributed by atoms with E-state index in [0.717, 1.165) is 23.1 Å². The van der Waals surface area contributed by atoms with E-state index in [2.05, 4.69) is 10.1 Å². The molecule has 0 aliphatic heterocycles. The maximum atomic E-state index is 13.1. The molecule has 3 aromatic rings. The Labute approximate surface area is 160 Å². The van der Waals surface area contributed by atoms with Crippen molar-refractivity contribution in [3.05, 3.63) is 49.6 Å². The number of aromatic nitrogens is 4. The Morgan fingerprint density at radius 1 is 1.41 bits per heavy atom. The van der Waals surface area contributed by atoms with E-state index in [-0.39, 0.29) is 28.9 Å². The van der Waals surface area contributed by atoms with Crippen LogP contribution in [0, 0.1) is 12.8 Å². The van der Waals surface area contributed by atoms with Crippen molar-refractivity contribution in [3.8, 4) is 0 Å². The Kier molecular flexibility index (Phi) is 4.32. The molecule has 144 valence electrons. The largest absolute Gasteiger partial charge is 0.433 e. The summed E-state index contributed by atoms with van der Waals surface area (Å²) in [5.41, 5.74) is 5.52. The fourth-order valence-electron chi connectivity index (χ4n) is 3.38. The SMILES string of the molecule is Cc1sc2nc(Cn3nc(Cl)cc3C(F)(F)F)cc(=O)n2c1C1CC1CN. The van der Waals surface area contributed by atoms with Crippen molar-refractivity contribution in [3.63, 3.8) is 0 Å².